The molecule has 0 heteroatoms. The van der Waals surface area contributed by atoms with Crippen LogP contribution in [-0.2, 0) is 6.42 Å². The van der Waals surface area contributed by atoms with Gasteiger partial charge in [0.05, 0.1) is 0 Å². The first-order chi connectivity index (χ1) is 9.24. The van der Waals surface area contributed by atoms with Crippen LogP contribution in [-0.4, -0.2) is 0 Å². The Kier molecular flexibility index (Phi) is 17.8. The molecule has 0 atom stereocenters. The number of rotatable bonds is 5. The van der Waals surface area contributed by atoms with Gasteiger partial charge >= 0.3 is 0 Å². The molecule has 0 unspecified atom stereocenters. The summed E-state index contributed by atoms with van der Waals surface area (Å²) in [5, 5.41) is 0. The van der Waals surface area contributed by atoms with Crippen molar-refractivity contribution in [2.45, 2.75) is 73.6 Å². The lowest BCUT2D eigenvalue weighted by Gasteiger charge is -2.01. The van der Waals surface area contributed by atoms with Crippen LogP contribution in [0, 0.1) is 18.8 Å². The van der Waals surface area contributed by atoms with Gasteiger partial charge < -0.3 is 0 Å². The maximum Gasteiger partial charge on any atom is -0.00271 e. The highest BCUT2D eigenvalue weighted by Gasteiger charge is 1.92. The van der Waals surface area contributed by atoms with E-state index in [1.807, 2.05) is 27.7 Å². The molecule has 0 bridgehead atoms. The molecule has 1 aromatic carbocycles. The van der Waals surface area contributed by atoms with Crippen LogP contribution < -0.4 is 0 Å². The number of unbranched alkanes of at least 4 members (excludes halogenated alkanes) is 3. The van der Waals surface area contributed by atoms with E-state index in [9.17, 15) is 0 Å². The molecule has 0 fully saturated rings. The molecule has 1 aromatic rings. The number of hydrogen-bond acceptors (Lipinski definition) is 0. The highest BCUT2D eigenvalue weighted by molar-refractivity contribution is 5.21. The Morgan fingerprint density at radius 1 is 0.842 bits per heavy atom. The third-order valence-corrected chi connectivity index (χ3v) is 2.69. The number of benzene rings is 1. The van der Waals surface area contributed by atoms with Crippen LogP contribution >= 0.6 is 0 Å². The Morgan fingerprint density at radius 3 is 1.79 bits per heavy atom. The minimum atomic E-state index is 1.25. The van der Waals surface area contributed by atoms with Crippen LogP contribution in [0.2, 0.25) is 0 Å². The standard InChI is InChI=1S/C13H20.C4H6.C2H6/c1-3-4-5-6-7-13-10-8-12(2)9-11-13;1-3-4-2;1-2/h8-11H,3-7H2,1-2H3;1-2H3;1-2H3. The van der Waals surface area contributed by atoms with Crippen molar-refractivity contribution >= 4 is 0 Å². The molecule has 0 heterocycles. The molecule has 0 amide bonds. The zero-order chi connectivity index (χ0) is 14.9. The summed E-state index contributed by atoms with van der Waals surface area (Å²) in [7, 11) is 0. The van der Waals surface area contributed by atoms with Gasteiger partial charge in [0.2, 0.25) is 0 Å². The Hall–Kier alpha value is -1.22. The van der Waals surface area contributed by atoms with E-state index in [4.69, 9.17) is 0 Å². The van der Waals surface area contributed by atoms with Gasteiger partial charge in [0, 0.05) is 0 Å². The first kappa shape index (κ1) is 20.1. The molecule has 0 spiro atoms. The quantitative estimate of drug-likeness (QED) is 0.438. The molecule has 0 aliphatic rings. The van der Waals surface area contributed by atoms with E-state index in [-0.39, 0.29) is 0 Å². The molecular formula is C19H32. The van der Waals surface area contributed by atoms with E-state index in [2.05, 4.69) is 50.0 Å². The van der Waals surface area contributed by atoms with Crippen LogP contribution in [0.5, 0.6) is 0 Å². The van der Waals surface area contributed by atoms with Crippen LogP contribution in [0.1, 0.15) is 71.4 Å². The Morgan fingerprint density at radius 2 is 1.37 bits per heavy atom. The predicted octanol–water partition coefficient (Wildman–Crippen LogP) is 6.17. The molecule has 0 aliphatic heterocycles. The van der Waals surface area contributed by atoms with E-state index >= 15 is 0 Å². The average Bonchev–Trinajstić information content (AvgIpc) is 2.48. The summed E-state index contributed by atoms with van der Waals surface area (Å²) >= 11 is 0. The summed E-state index contributed by atoms with van der Waals surface area (Å²) in [6.07, 6.45) is 6.68. The summed E-state index contributed by atoms with van der Waals surface area (Å²) in [4.78, 5) is 0. The minimum absolute atomic E-state index is 1.25. The maximum absolute atomic E-state index is 2.68. The fraction of sp³-hybridized carbons (Fsp3) is 0.579. The summed E-state index contributed by atoms with van der Waals surface area (Å²) in [5.74, 6) is 5.36. The lowest BCUT2D eigenvalue weighted by Crippen LogP contribution is -1.85. The molecule has 0 radical (unpaired) electrons. The van der Waals surface area contributed by atoms with Crippen LogP contribution in [0.4, 0.5) is 0 Å². The van der Waals surface area contributed by atoms with Crippen molar-refractivity contribution in [1.82, 2.24) is 0 Å². The van der Waals surface area contributed by atoms with E-state index in [1.165, 1.54) is 43.2 Å². The van der Waals surface area contributed by atoms with Crippen molar-refractivity contribution in [3.8, 4) is 11.8 Å². The second kappa shape index (κ2) is 16.8. The van der Waals surface area contributed by atoms with Crippen LogP contribution in [0.3, 0.4) is 0 Å². The Bertz CT molecular complexity index is 315. The molecule has 0 nitrogen and oxygen atoms in total. The zero-order valence-corrected chi connectivity index (χ0v) is 13.8. The van der Waals surface area contributed by atoms with Gasteiger partial charge in [-0.3, -0.25) is 0 Å². The van der Waals surface area contributed by atoms with Gasteiger partial charge in [-0.05, 0) is 39.2 Å². The monoisotopic (exact) mass is 260 g/mol. The first-order valence-corrected chi connectivity index (χ1v) is 7.63. The van der Waals surface area contributed by atoms with Crippen molar-refractivity contribution in [3.05, 3.63) is 35.4 Å². The number of aryl methyl sites for hydroxylation is 2. The molecule has 108 valence electrons. The average molecular weight is 260 g/mol. The largest absolute Gasteiger partial charge is 0.107 e. The SMILES string of the molecule is CC.CC#CC.CCCCCCc1ccc(C)cc1. The minimum Gasteiger partial charge on any atom is -0.107 e. The third kappa shape index (κ3) is 14.7. The van der Waals surface area contributed by atoms with Crippen molar-refractivity contribution in [2.24, 2.45) is 0 Å². The van der Waals surface area contributed by atoms with Crippen molar-refractivity contribution in [3.63, 3.8) is 0 Å². The van der Waals surface area contributed by atoms with E-state index in [0.717, 1.165) is 0 Å². The van der Waals surface area contributed by atoms with Gasteiger partial charge in [-0.25, -0.2) is 0 Å². The lowest BCUT2D eigenvalue weighted by atomic mass is 10.1. The normalized spacial score (nSPS) is 8.11. The van der Waals surface area contributed by atoms with Gasteiger partial charge in [-0.15, -0.1) is 11.8 Å². The molecule has 0 saturated carbocycles. The summed E-state index contributed by atoms with van der Waals surface area (Å²) < 4.78 is 0. The molecule has 19 heavy (non-hydrogen) atoms. The van der Waals surface area contributed by atoms with E-state index in [1.54, 1.807) is 0 Å². The molecule has 0 N–H and O–H groups in total. The topological polar surface area (TPSA) is 0 Å². The number of hydrogen-bond donors (Lipinski definition) is 0. The summed E-state index contributed by atoms with van der Waals surface area (Å²) in [6, 6.07) is 8.91. The second-order valence-electron chi connectivity index (χ2n) is 4.30. The predicted molar refractivity (Wildman–Crippen MR) is 89.5 cm³/mol. The third-order valence-electron chi connectivity index (χ3n) is 2.69. The van der Waals surface area contributed by atoms with Crippen LogP contribution in [0.15, 0.2) is 24.3 Å². The van der Waals surface area contributed by atoms with E-state index < -0.39 is 0 Å². The fourth-order valence-electron chi connectivity index (χ4n) is 1.51. The van der Waals surface area contributed by atoms with Gasteiger partial charge in [0.1, 0.15) is 0 Å². The van der Waals surface area contributed by atoms with Gasteiger partial charge in [0.15, 0.2) is 0 Å². The highest BCUT2D eigenvalue weighted by atomic mass is 14.0. The van der Waals surface area contributed by atoms with Crippen LogP contribution in [0.25, 0.3) is 0 Å². The van der Waals surface area contributed by atoms with Crippen molar-refractivity contribution in [1.29, 1.82) is 0 Å². The fourth-order valence-corrected chi connectivity index (χ4v) is 1.51. The smallest absolute Gasteiger partial charge is 0.00271 e. The molecule has 0 aliphatic carbocycles. The molecule has 0 aromatic heterocycles. The molecule has 1 rings (SSSR count). The maximum atomic E-state index is 2.68. The van der Waals surface area contributed by atoms with Gasteiger partial charge in [-0.1, -0.05) is 69.9 Å². The van der Waals surface area contributed by atoms with Crippen molar-refractivity contribution < 1.29 is 0 Å². The summed E-state index contributed by atoms with van der Waals surface area (Å²) in [6.45, 7) is 12.0. The second-order valence-corrected chi connectivity index (χ2v) is 4.30. The van der Waals surface area contributed by atoms with Gasteiger partial charge in [0.25, 0.3) is 0 Å². The first-order valence-electron chi connectivity index (χ1n) is 7.63. The lowest BCUT2D eigenvalue weighted by molar-refractivity contribution is 0.667. The molecular weight excluding hydrogens is 228 g/mol. The Balaban J connectivity index is 0. The summed E-state index contributed by atoms with van der Waals surface area (Å²) in [5.41, 5.74) is 2.85. The zero-order valence-electron chi connectivity index (χ0n) is 13.8. The molecule has 0 saturated heterocycles. The van der Waals surface area contributed by atoms with E-state index in [0.29, 0.717) is 0 Å². The van der Waals surface area contributed by atoms with Crippen molar-refractivity contribution in [2.75, 3.05) is 0 Å². The van der Waals surface area contributed by atoms with Gasteiger partial charge in [-0.2, -0.15) is 0 Å². The Labute approximate surface area is 121 Å². The highest BCUT2D eigenvalue weighted by Crippen LogP contribution is 2.08.